The molecule has 0 aliphatic carbocycles. The van der Waals surface area contributed by atoms with Gasteiger partial charge in [-0.05, 0) is 67.9 Å². The van der Waals surface area contributed by atoms with E-state index in [4.69, 9.17) is 0 Å². The van der Waals surface area contributed by atoms with Gasteiger partial charge in [-0.1, -0.05) is 24.3 Å². The first-order chi connectivity index (χ1) is 13.8. The van der Waals surface area contributed by atoms with E-state index in [1.54, 1.807) is 44.2 Å². The quantitative estimate of drug-likeness (QED) is 0.643. The van der Waals surface area contributed by atoms with Gasteiger partial charge in [0.15, 0.2) is 0 Å². The summed E-state index contributed by atoms with van der Waals surface area (Å²) in [5.41, 5.74) is 1.93. The predicted octanol–water partition coefficient (Wildman–Crippen LogP) is 4.60. The Bertz CT molecular complexity index is 1110. The molecule has 0 radical (unpaired) electrons. The van der Waals surface area contributed by atoms with Gasteiger partial charge in [-0.2, -0.15) is 0 Å². The molecule has 150 valence electrons. The number of anilines is 2. The summed E-state index contributed by atoms with van der Waals surface area (Å²) in [7, 11) is -3.77. The summed E-state index contributed by atoms with van der Waals surface area (Å²) in [5, 5.41) is 2.65. The molecule has 3 aromatic carbocycles. The first-order valence-corrected chi connectivity index (χ1v) is 10.5. The minimum atomic E-state index is -3.77. The van der Waals surface area contributed by atoms with Crippen molar-refractivity contribution >= 4 is 27.3 Å². The summed E-state index contributed by atoms with van der Waals surface area (Å²) in [4.78, 5) is 12.5. The van der Waals surface area contributed by atoms with E-state index < -0.39 is 21.7 Å². The number of amides is 1. The number of carbonyl (C=O) groups is 1. The fourth-order valence-corrected chi connectivity index (χ4v) is 4.39. The number of hydrogen-bond acceptors (Lipinski definition) is 3. The second kappa shape index (κ2) is 8.45. The van der Waals surface area contributed by atoms with Crippen LogP contribution < -0.4 is 9.62 Å². The van der Waals surface area contributed by atoms with Gasteiger partial charge >= 0.3 is 0 Å². The molecule has 0 bridgehead atoms. The van der Waals surface area contributed by atoms with Crippen LogP contribution in [0.3, 0.4) is 0 Å². The predicted molar refractivity (Wildman–Crippen MR) is 112 cm³/mol. The Balaban J connectivity index is 1.83. The third-order valence-electron chi connectivity index (χ3n) is 4.48. The molecule has 0 spiro atoms. The van der Waals surface area contributed by atoms with Crippen molar-refractivity contribution in [3.63, 3.8) is 0 Å². The van der Waals surface area contributed by atoms with Crippen molar-refractivity contribution < 1.29 is 17.6 Å². The summed E-state index contributed by atoms with van der Waals surface area (Å²) in [6.45, 7) is 3.79. The van der Waals surface area contributed by atoms with Crippen LogP contribution in [-0.2, 0) is 10.0 Å². The number of hydrogen-bond donors (Lipinski definition) is 1. The zero-order valence-corrected chi connectivity index (χ0v) is 16.9. The molecule has 7 heteroatoms. The number of benzene rings is 3. The number of nitrogens with zero attached hydrogens (tertiary/aromatic N) is 1. The molecule has 0 heterocycles. The number of carbonyl (C=O) groups excluding carboxylic acids is 1. The molecule has 0 aromatic heterocycles. The van der Waals surface area contributed by atoms with E-state index in [0.717, 1.165) is 5.56 Å². The minimum absolute atomic E-state index is 0.0849. The van der Waals surface area contributed by atoms with Gasteiger partial charge in [-0.25, -0.2) is 12.8 Å². The van der Waals surface area contributed by atoms with Gasteiger partial charge in [0, 0.05) is 17.8 Å². The second-order valence-electron chi connectivity index (χ2n) is 6.44. The Morgan fingerprint density at radius 2 is 1.66 bits per heavy atom. The molecular weight excluding hydrogens is 391 g/mol. The molecule has 3 aromatic rings. The smallest absolute Gasteiger partial charge is 0.264 e. The average Bonchev–Trinajstić information content (AvgIpc) is 2.72. The van der Waals surface area contributed by atoms with E-state index in [-0.39, 0.29) is 17.0 Å². The highest BCUT2D eigenvalue weighted by Gasteiger charge is 2.23. The van der Waals surface area contributed by atoms with E-state index in [1.165, 1.54) is 40.7 Å². The van der Waals surface area contributed by atoms with Gasteiger partial charge in [-0.15, -0.1) is 0 Å². The largest absolute Gasteiger partial charge is 0.322 e. The van der Waals surface area contributed by atoms with Crippen LogP contribution >= 0.6 is 0 Å². The van der Waals surface area contributed by atoms with E-state index in [0.29, 0.717) is 11.4 Å². The second-order valence-corrected chi connectivity index (χ2v) is 8.31. The molecule has 0 aliphatic rings. The Hall–Kier alpha value is -3.19. The van der Waals surface area contributed by atoms with E-state index in [9.17, 15) is 17.6 Å². The van der Waals surface area contributed by atoms with Crippen LogP contribution in [0.15, 0.2) is 77.7 Å². The lowest BCUT2D eigenvalue weighted by Crippen LogP contribution is -2.30. The highest BCUT2D eigenvalue weighted by Crippen LogP contribution is 2.24. The molecule has 5 nitrogen and oxygen atoms in total. The minimum Gasteiger partial charge on any atom is -0.322 e. The third-order valence-corrected chi connectivity index (χ3v) is 6.40. The lowest BCUT2D eigenvalue weighted by molar-refractivity contribution is 0.102. The molecule has 0 unspecified atom stereocenters. The van der Waals surface area contributed by atoms with Crippen LogP contribution in [-0.4, -0.2) is 20.9 Å². The normalized spacial score (nSPS) is 11.1. The van der Waals surface area contributed by atoms with Crippen LogP contribution in [0.4, 0.5) is 15.8 Å². The number of nitrogens with one attached hydrogen (secondary N) is 1. The topological polar surface area (TPSA) is 66.5 Å². The number of sulfonamides is 1. The molecule has 0 aliphatic heterocycles. The van der Waals surface area contributed by atoms with Crippen LogP contribution in [0.5, 0.6) is 0 Å². The summed E-state index contributed by atoms with van der Waals surface area (Å²) in [6.07, 6.45) is 0. The summed E-state index contributed by atoms with van der Waals surface area (Å²) < 4.78 is 40.7. The van der Waals surface area contributed by atoms with Crippen molar-refractivity contribution in [1.82, 2.24) is 0 Å². The lowest BCUT2D eigenvalue weighted by Gasteiger charge is -2.23. The van der Waals surface area contributed by atoms with Gasteiger partial charge in [0.1, 0.15) is 5.82 Å². The third kappa shape index (κ3) is 4.46. The maximum atomic E-state index is 13.4. The molecule has 1 amide bonds. The number of halogens is 1. The summed E-state index contributed by atoms with van der Waals surface area (Å²) in [5.74, 6) is -0.897. The van der Waals surface area contributed by atoms with Gasteiger partial charge in [0.05, 0.1) is 10.6 Å². The average molecular weight is 412 g/mol. The van der Waals surface area contributed by atoms with E-state index >= 15 is 0 Å². The number of rotatable bonds is 6. The van der Waals surface area contributed by atoms with Gasteiger partial charge in [0.2, 0.25) is 0 Å². The highest BCUT2D eigenvalue weighted by atomic mass is 32.2. The van der Waals surface area contributed by atoms with E-state index in [1.807, 2.05) is 6.07 Å². The first kappa shape index (κ1) is 20.5. The fraction of sp³-hybridized carbons (Fsp3) is 0.136. The van der Waals surface area contributed by atoms with Crippen molar-refractivity contribution in [2.75, 3.05) is 16.2 Å². The molecule has 1 N–H and O–H groups in total. The van der Waals surface area contributed by atoms with Crippen molar-refractivity contribution in [2.24, 2.45) is 0 Å². The van der Waals surface area contributed by atoms with Crippen LogP contribution in [0, 0.1) is 12.7 Å². The number of aryl methyl sites for hydroxylation is 1. The van der Waals surface area contributed by atoms with Crippen LogP contribution in [0.25, 0.3) is 0 Å². The fourth-order valence-electron chi connectivity index (χ4n) is 2.91. The van der Waals surface area contributed by atoms with E-state index in [2.05, 4.69) is 5.32 Å². The standard InChI is InChI=1S/C22H21FN2O3S/c1-3-25(19-7-5-4-6-8-19)29(27,28)20-13-10-17(11-14-20)22(26)24-21-15-18(23)12-9-16(21)2/h4-15H,3H2,1-2H3,(H,24,26). The van der Waals surface area contributed by atoms with Crippen molar-refractivity contribution in [1.29, 1.82) is 0 Å². The first-order valence-electron chi connectivity index (χ1n) is 9.08. The molecule has 3 rings (SSSR count). The van der Waals surface area contributed by atoms with Gasteiger partial charge < -0.3 is 5.32 Å². The zero-order chi connectivity index (χ0) is 21.0. The Kier molecular flexibility index (Phi) is 5.98. The maximum Gasteiger partial charge on any atom is 0.264 e. The van der Waals surface area contributed by atoms with Crippen LogP contribution in [0.1, 0.15) is 22.8 Å². The van der Waals surface area contributed by atoms with Crippen LogP contribution in [0.2, 0.25) is 0 Å². The monoisotopic (exact) mass is 412 g/mol. The van der Waals surface area contributed by atoms with Crippen molar-refractivity contribution in [3.8, 4) is 0 Å². The van der Waals surface area contributed by atoms with Gasteiger partial charge in [0.25, 0.3) is 15.9 Å². The Labute approximate surface area is 169 Å². The van der Waals surface area contributed by atoms with Crippen molar-refractivity contribution in [2.45, 2.75) is 18.7 Å². The number of para-hydroxylation sites is 1. The maximum absolute atomic E-state index is 13.4. The SMILES string of the molecule is CCN(c1ccccc1)S(=O)(=O)c1ccc(C(=O)Nc2cc(F)ccc2C)cc1. The zero-order valence-electron chi connectivity index (χ0n) is 16.1. The Morgan fingerprint density at radius 1 is 1.00 bits per heavy atom. The van der Waals surface area contributed by atoms with Gasteiger partial charge in [-0.3, -0.25) is 9.10 Å². The molecule has 0 atom stereocenters. The summed E-state index contributed by atoms with van der Waals surface area (Å²) in [6, 6.07) is 18.6. The lowest BCUT2D eigenvalue weighted by atomic mass is 10.1. The highest BCUT2D eigenvalue weighted by molar-refractivity contribution is 7.92. The molecule has 0 fully saturated rings. The molecule has 29 heavy (non-hydrogen) atoms. The Morgan fingerprint density at radius 3 is 2.28 bits per heavy atom. The molecule has 0 saturated carbocycles. The summed E-state index contributed by atoms with van der Waals surface area (Å²) >= 11 is 0. The molecule has 0 saturated heterocycles. The molecular formula is C22H21FN2O3S. The van der Waals surface area contributed by atoms with Crippen molar-refractivity contribution in [3.05, 3.63) is 89.7 Å².